The summed E-state index contributed by atoms with van der Waals surface area (Å²) in [7, 11) is -3.60. The van der Waals surface area contributed by atoms with E-state index in [9.17, 15) is 8.42 Å². The molecule has 0 amide bonds. The smallest absolute Gasteiger partial charge is 0.241 e. The lowest BCUT2D eigenvalue weighted by atomic mass is 10.1. The Bertz CT molecular complexity index is 984. The van der Waals surface area contributed by atoms with Crippen molar-refractivity contribution in [2.75, 3.05) is 5.75 Å². The summed E-state index contributed by atoms with van der Waals surface area (Å²) >= 11 is 1.64. The Morgan fingerprint density at radius 1 is 1.11 bits per heavy atom. The summed E-state index contributed by atoms with van der Waals surface area (Å²) in [6.07, 6.45) is 4.41. The first kappa shape index (κ1) is 20.6. The number of nitrogens with one attached hydrogen (secondary N) is 1. The number of aryl methyl sites for hydroxylation is 2. The predicted molar refractivity (Wildman–Crippen MR) is 114 cm³/mol. The maximum atomic E-state index is 12.9. The number of nitrogens with zero attached hydrogens (tertiary/aromatic N) is 2. The Balaban J connectivity index is 1.75. The molecule has 1 unspecified atom stereocenters. The number of imidazole rings is 1. The zero-order valence-corrected chi connectivity index (χ0v) is 17.7. The van der Waals surface area contributed by atoms with Crippen molar-refractivity contribution in [1.82, 2.24) is 14.3 Å². The van der Waals surface area contributed by atoms with Crippen LogP contribution in [0.25, 0.3) is 0 Å². The molecule has 1 N–H and O–H groups in total. The van der Waals surface area contributed by atoms with Gasteiger partial charge in [0, 0.05) is 30.7 Å². The van der Waals surface area contributed by atoms with Gasteiger partial charge in [-0.05, 0) is 38.0 Å². The number of rotatable bonds is 9. The molecule has 0 aliphatic rings. The van der Waals surface area contributed by atoms with Gasteiger partial charge in [0.2, 0.25) is 10.0 Å². The Labute approximate surface area is 171 Å². The van der Waals surface area contributed by atoms with Gasteiger partial charge in [-0.15, -0.1) is 0 Å². The molecule has 3 rings (SSSR count). The van der Waals surface area contributed by atoms with E-state index in [-0.39, 0.29) is 10.9 Å². The average molecular weight is 416 g/mol. The van der Waals surface area contributed by atoms with Gasteiger partial charge in [-0.1, -0.05) is 59.8 Å². The molecule has 0 saturated heterocycles. The van der Waals surface area contributed by atoms with E-state index < -0.39 is 10.0 Å². The lowest BCUT2D eigenvalue weighted by Gasteiger charge is -2.19. The number of benzene rings is 2. The summed E-state index contributed by atoms with van der Waals surface area (Å²) in [5, 5.41) is 0.954. The van der Waals surface area contributed by atoms with Crippen LogP contribution in [-0.2, 0) is 16.6 Å². The zero-order valence-electron chi connectivity index (χ0n) is 16.1. The maximum Gasteiger partial charge on any atom is 0.241 e. The van der Waals surface area contributed by atoms with Gasteiger partial charge in [0.25, 0.3) is 0 Å². The minimum Gasteiger partial charge on any atom is -0.326 e. The van der Waals surface area contributed by atoms with Gasteiger partial charge in [0.05, 0.1) is 4.90 Å². The van der Waals surface area contributed by atoms with E-state index in [2.05, 4.69) is 21.2 Å². The van der Waals surface area contributed by atoms with Crippen molar-refractivity contribution in [1.29, 1.82) is 0 Å². The lowest BCUT2D eigenvalue weighted by Crippen LogP contribution is -2.29. The summed E-state index contributed by atoms with van der Waals surface area (Å²) in [5.41, 5.74) is 1.99. The van der Waals surface area contributed by atoms with Crippen LogP contribution in [0.4, 0.5) is 0 Å². The molecular formula is C21H25N3O2S2. The molecule has 3 aromatic rings. The largest absolute Gasteiger partial charge is 0.326 e. The van der Waals surface area contributed by atoms with E-state index in [1.807, 2.05) is 55.6 Å². The number of hydrogen-bond acceptors (Lipinski definition) is 4. The Morgan fingerprint density at radius 3 is 2.50 bits per heavy atom. The van der Waals surface area contributed by atoms with E-state index in [4.69, 9.17) is 0 Å². The fourth-order valence-electron chi connectivity index (χ4n) is 2.90. The second-order valence-electron chi connectivity index (χ2n) is 6.53. The Hall–Kier alpha value is -2.09. The molecule has 1 heterocycles. The third-order valence-electron chi connectivity index (χ3n) is 4.49. The molecule has 2 aromatic carbocycles. The minimum atomic E-state index is -3.60. The summed E-state index contributed by atoms with van der Waals surface area (Å²) in [6.45, 7) is 4.88. The van der Waals surface area contributed by atoms with Gasteiger partial charge in [-0.2, -0.15) is 0 Å². The van der Waals surface area contributed by atoms with Crippen LogP contribution in [0.15, 0.2) is 77.0 Å². The topological polar surface area (TPSA) is 64.0 Å². The summed E-state index contributed by atoms with van der Waals surface area (Å²) in [5.74, 6) is 0.757. The number of aromatic nitrogens is 2. The minimum absolute atomic E-state index is 0.285. The first-order valence-electron chi connectivity index (χ1n) is 9.27. The monoisotopic (exact) mass is 415 g/mol. The molecule has 7 heteroatoms. The van der Waals surface area contributed by atoms with Gasteiger partial charge < -0.3 is 4.57 Å². The van der Waals surface area contributed by atoms with Gasteiger partial charge in [-0.25, -0.2) is 18.1 Å². The Morgan fingerprint density at radius 2 is 1.82 bits per heavy atom. The van der Waals surface area contributed by atoms with Crippen molar-refractivity contribution in [3.63, 3.8) is 0 Å². The Kier molecular flexibility index (Phi) is 6.93. The highest BCUT2D eigenvalue weighted by Crippen LogP contribution is 2.25. The molecule has 0 bridgehead atoms. The lowest BCUT2D eigenvalue weighted by molar-refractivity contribution is 0.551. The molecule has 0 aliphatic heterocycles. The highest BCUT2D eigenvalue weighted by molar-refractivity contribution is 7.99. The molecule has 1 atom stereocenters. The predicted octanol–water partition coefficient (Wildman–Crippen LogP) is 4.41. The van der Waals surface area contributed by atoms with Crippen LogP contribution in [0.3, 0.4) is 0 Å². The first-order chi connectivity index (χ1) is 13.5. The molecule has 28 heavy (non-hydrogen) atoms. The zero-order chi connectivity index (χ0) is 20.0. The van der Waals surface area contributed by atoms with Crippen LogP contribution < -0.4 is 4.72 Å². The van der Waals surface area contributed by atoms with Gasteiger partial charge in [-0.3, -0.25) is 0 Å². The molecule has 5 nitrogen and oxygen atoms in total. The van der Waals surface area contributed by atoms with Crippen LogP contribution >= 0.6 is 11.8 Å². The van der Waals surface area contributed by atoms with Crippen molar-refractivity contribution in [3.8, 4) is 0 Å². The van der Waals surface area contributed by atoms with Crippen molar-refractivity contribution in [3.05, 3.63) is 78.1 Å². The molecule has 1 aromatic heterocycles. The molecular weight excluding hydrogens is 390 g/mol. The van der Waals surface area contributed by atoms with Crippen molar-refractivity contribution in [2.24, 2.45) is 0 Å². The molecule has 148 valence electrons. The standard InChI is InChI=1S/C21H25N3O2S2/c1-3-24-15-14-22-21(24)27-16-13-20(18-7-5-4-6-8-18)23-28(25,26)19-11-9-17(2)10-12-19/h4-12,14-15,20,23H,3,13,16H2,1-2H3. The molecule has 0 radical (unpaired) electrons. The highest BCUT2D eigenvalue weighted by atomic mass is 32.2. The van der Waals surface area contributed by atoms with Crippen LogP contribution in [-0.4, -0.2) is 23.7 Å². The SMILES string of the molecule is CCn1ccnc1SCCC(NS(=O)(=O)c1ccc(C)cc1)c1ccccc1. The van der Waals surface area contributed by atoms with Crippen molar-refractivity contribution < 1.29 is 8.42 Å². The number of thioether (sulfide) groups is 1. The average Bonchev–Trinajstić information content (AvgIpc) is 3.15. The van der Waals surface area contributed by atoms with E-state index in [0.29, 0.717) is 6.42 Å². The molecule has 0 fully saturated rings. The van der Waals surface area contributed by atoms with Crippen LogP contribution in [0, 0.1) is 6.92 Å². The van der Waals surface area contributed by atoms with Gasteiger partial charge >= 0.3 is 0 Å². The van der Waals surface area contributed by atoms with E-state index >= 15 is 0 Å². The van der Waals surface area contributed by atoms with Crippen molar-refractivity contribution >= 4 is 21.8 Å². The quantitative estimate of drug-likeness (QED) is 0.526. The third kappa shape index (κ3) is 5.25. The van der Waals surface area contributed by atoms with Crippen LogP contribution in [0.5, 0.6) is 0 Å². The second-order valence-corrected chi connectivity index (χ2v) is 9.31. The molecule has 0 saturated carbocycles. The number of hydrogen-bond donors (Lipinski definition) is 1. The second kappa shape index (κ2) is 9.41. The fraction of sp³-hybridized carbons (Fsp3) is 0.286. The van der Waals surface area contributed by atoms with Crippen LogP contribution in [0.1, 0.15) is 30.5 Å². The highest BCUT2D eigenvalue weighted by Gasteiger charge is 2.21. The van der Waals surface area contributed by atoms with Crippen LogP contribution in [0.2, 0.25) is 0 Å². The summed E-state index contributed by atoms with van der Waals surface area (Å²) in [4.78, 5) is 4.66. The fourth-order valence-corrected chi connectivity index (χ4v) is 5.18. The van der Waals surface area contributed by atoms with E-state index in [1.165, 1.54) is 0 Å². The van der Waals surface area contributed by atoms with Gasteiger partial charge in [0.15, 0.2) is 5.16 Å². The first-order valence-corrected chi connectivity index (χ1v) is 11.7. The summed E-state index contributed by atoms with van der Waals surface area (Å²) in [6, 6.07) is 16.3. The molecule has 0 spiro atoms. The van der Waals surface area contributed by atoms with E-state index in [0.717, 1.165) is 28.6 Å². The summed E-state index contributed by atoms with van der Waals surface area (Å²) < 4.78 is 30.7. The maximum absolute atomic E-state index is 12.9. The molecule has 0 aliphatic carbocycles. The van der Waals surface area contributed by atoms with Crippen molar-refractivity contribution in [2.45, 2.75) is 42.9 Å². The van der Waals surface area contributed by atoms with E-state index in [1.54, 1.807) is 30.1 Å². The van der Waals surface area contributed by atoms with Gasteiger partial charge in [0.1, 0.15) is 0 Å². The third-order valence-corrected chi connectivity index (χ3v) is 7.01. The normalized spacial score (nSPS) is 12.8. The number of sulfonamides is 1.